The zero-order valence-corrected chi connectivity index (χ0v) is 11.4. The summed E-state index contributed by atoms with van der Waals surface area (Å²) in [7, 11) is 0. The highest BCUT2D eigenvalue weighted by molar-refractivity contribution is 7.99. The van der Waals surface area contributed by atoms with Crippen molar-refractivity contribution >= 4 is 11.8 Å². The van der Waals surface area contributed by atoms with E-state index in [-0.39, 0.29) is 5.60 Å². The first-order valence-electron chi connectivity index (χ1n) is 6.99. The van der Waals surface area contributed by atoms with E-state index >= 15 is 0 Å². The number of rotatable bonds is 1. The summed E-state index contributed by atoms with van der Waals surface area (Å²) in [5, 5.41) is 0. The van der Waals surface area contributed by atoms with Gasteiger partial charge in [0.25, 0.3) is 0 Å². The summed E-state index contributed by atoms with van der Waals surface area (Å²) in [5.74, 6) is 2.57. The quantitative estimate of drug-likeness (QED) is 0.771. The van der Waals surface area contributed by atoms with Crippen molar-refractivity contribution in [3.05, 3.63) is 0 Å². The van der Waals surface area contributed by atoms with Crippen molar-refractivity contribution in [3.8, 4) is 0 Å². The van der Waals surface area contributed by atoms with Gasteiger partial charge in [-0.15, -0.1) is 0 Å². The summed E-state index contributed by atoms with van der Waals surface area (Å²) in [6, 6.07) is 1.15. The van der Waals surface area contributed by atoms with Crippen molar-refractivity contribution in [2.75, 3.05) is 31.2 Å². The van der Waals surface area contributed by atoms with Crippen molar-refractivity contribution in [2.24, 2.45) is 5.73 Å². The summed E-state index contributed by atoms with van der Waals surface area (Å²) in [6.45, 7) is 3.27. The van der Waals surface area contributed by atoms with Crippen LogP contribution in [0, 0.1) is 0 Å². The molecule has 3 nitrogen and oxygen atoms in total. The van der Waals surface area contributed by atoms with Gasteiger partial charge in [-0.1, -0.05) is 0 Å². The second-order valence-electron chi connectivity index (χ2n) is 5.83. The molecule has 4 heteroatoms. The Bertz CT molecular complexity index is 263. The van der Waals surface area contributed by atoms with Crippen LogP contribution in [-0.2, 0) is 4.74 Å². The lowest BCUT2D eigenvalue weighted by atomic mass is 9.85. The van der Waals surface area contributed by atoms with E-state index in [9.17, 15) is 0 Å². The summed E-state index contributed by atoms with van der Waals surface area (Å²) >= 11 is 2.08. The predicted octanol–water partition coefficient (Wildman–Crippen LogP) is 1.46. The topological polar surface area (TPSA) is 38.5 Å². The Morgan fingerprint density at radius 1 is 1.24 bits per heavy atom. The minimum absolute atomic E-state index is 0.223. The van der Waals surface area contributed by atoms with E-state index in [1.807, 2.05) is 0 Å². The highest BCUT2D eigenvalue weighted by atomic mass is 32.2. The molecule has 0 aromatic heterocycles. The molecule has 2 unspecified atom stereocenters. The van der Waals surface area contributed by atoms with Crippen molar-refractivity contribution in [2.45, 2.75) is 49.8 Å². The Balaban J connectivity index is 1.62. The van der Waals surface area contributed by atoms with Crippen LogP contribution >= 0.6 is 11.8 Å². The van der Waals surface area contributed by atoms with Gasteiger partial charge in [0.2, 0.25) is 0 Å². The lowest BCUT2D eigenvalue weighted by Crippen LogP contribution is -2.50. The molecule has 0 aliphatic carbocycles. The minimum atomic E-state index is 0.223. The molecular weight excluding hydrogens is 232 g/mol. The summed E-state index contributed by atoms with van der Waals surface area (Å²) in [5.41, 5.74) is 6.25. The van der Waals surface area contributed by atoms with Crippen LogP contribution in [0.4, 0.5) is 0 Å². The zero-order chi connectivity index (χ0) is 11.7. The first-order valence-corrected chi connectivity index (χ1v) is 8.14. The lowest BCUT2D eigenvalue weighted by molar-refractivity contribution is -0.108. The molecule has 17 heavy (non-hydrogen) atoms. The largest absolute Gasteiger partial charge is 0.375 e. The number of likely N-dealkylation sites (tertiary alicyclic amines) is 1. The van der Waals surface area contributed by atoms with Crippen molar-refractivity contribution < 1.29 is 4.74 Å². The highest BCUT2D eigenvalue weighted by Crippen LogP contribution is 2.39. The molecule has 1 spiro atoms. The zero-order valence-electron chi connectivity index (χ0n) is 10.6. The molecule has 0 saturated carbocycles. The maximum absolute atomic E-state index is 6.15. The monoisotopic (exact) mass is 256 g/mol. The summed E-state index contributed by atoms with van der Waals surface area (Å²) in [4.78, 5) is 2.62. The highest BCUT2D eigenvalue weighted by Gasteiger charge is 2.41. The van der Waals surface area contributed by atoms with Gasteiger partial charge in [-0.3, -0.25) is 4.90 Å². The second-order valence-corrected chi connectivity index (χ2v) is 7.06. The fourth-order valence-electron chi connectivity index (χ4n) is 3.55. The Morgan fingerprint density at radius 2 is 2.06 bits per heavy atom. The van der Waals surface area contributed by atoms with E-state index in [4.69, 9.17) is 10.5 Å². The smallest absolute Gasteiger partial charge is 0.0713 e. The van der Waals surface area contributed by atoms with Gasteiger partial charge >= 0.3 is 0 Å². The third kappa shape index (κ3) is 2.65. The Kier molecular flexibility index (Phi) is 3.67. The molecule has 3 rings (SSSR count). The fraction of sp³-hybridized carbons (Fsp3) is 1.00. The molecule has 2 atom stereocenters. The van der Waals surface area contributed by atoms with Crippen molar-refractivity contribution in [3.63, 3.8) is 0 Å². The lowest BCUT2D eigenvalue weighted by Gasteiger charge is -2.45. The number of hydrogen-bond acceptors (Lipinski definition) is 4. The van der Waals surface area contributed by atoms with Crippen LogP contribution in [0.1, 0.15) is 32.1 Å². The average molecular weight is 256 g/mol. The van der Waals surface area contributed by atoms with E-state index < -0.39 is 0 Å². The molecule has 0 bridgehead atoms. The normalized spacial score (nSPS) is 38.6. The van der Waals surface area contributed by atoms with Crippen molar-refractivity contribution in [1.29, 1.82) is 0 Å². The number of ether oxygens (including phenoxy) is 1. The molecular formula is C13H24N2OS. The van der Waals surface area contributed by atoms with Crippen LogP contribution in [0.3, 0.4) is 0 Å². The molecule has 0 aromatic rings. The standard InChI is InChI=1S/C13H24N2OS/c14-11-1-5-15(10-11)12-2-6-16-13(9-12)3-7-17-8-4-13/h11-12H,1-10,14H2. The molecule has 3 aliphatic heterocycles. The second kappa shape index (κ2) is 5.08. The third-order valence-corrected chi connectivity index (χ3v) is 5.63. The van der Waals surface area contributed by atoms with Gasteiger partial charge in [-0.25, -0.2) is 0 Å². The molecule has 3 fully saturated rings. The molecule has 0 amide bonds. The molecule has 3 aliphatic rings. The van der Waals surface area contributed by atoms with Crippen LogP contribution in [0.2, 0.25) is 0 Å². The van der Waals surface area contributed by atoms with Crippen LogP contribution < -0.4 is 5.73 Å². The summed E-state index contributed by atoms with van der Waals surface area (Å²) in [6.07, 6.45) is 6.16. The molecule has 3 heterocycles. The van der Waals surface area contributed by atoms with Crippen LogP contribution in [-0.4, -0.2) is 53.8 Å². The number of nitrogens with zero attached hydrogens (tertiary/aromatic N) is 1. The first-order chi connectivity index (χ1) is 8.27. The van der Waals surface area contributed by atoms with Crippen molar-refractivity contribution in [1.82, 2.24) is 4.90 Å². The van der Waals surface area contributed by atoms with Gasteiger partial charge in [0.05, 0.1) is 5.60 Å². The van der Waals surface area contributed by atoms with Gasteiger partial charge in [0.15, 0.2) is 0 Å². The maximum atomic E-state index is 6.15. The van der Waals surface area contributed by atoms with Gasteiger partial charge in [-0.05, 0) is 43.6 Å². The average Bonchev–Trinajstić information content (AvgIpc) is 2.77. The Hall–Kier alpha value is 0.230. The molecule has 3 saturated heterocycles. The number of nitrogens with two attached hydrogens (primary N) is 1. The van der Waals surface area contributed by atoms with E-state index in [1.54, 1.807) is 0 Å². The molecule has 0 aromatic carbocycles. The SMILES string of the molecule is NC1CCN(C2CCOC3(CCSCC3)C2)C1. The molecule has 98 valence electrons. The van der Waals surface area contributed by atoms with E-state index in [1.165, 1.54) is 50.2 Å². The maximum Gasteiger partial charge on any atom is 0.0713 e. The van der Waals surface area contributed by atoms with E-state index in [0.717, 1.165) is 19.2 Å². The number of thioether (sulfide) groups is 1. The van der Waals surface area contributed by atoms with Gasteiger partial charge in [-0.2, -0.15) is 11.8 Å². The predicted molar refractivity (Wildman–Crippen MR) is 72.4 cm³/mol. The first kappa shape index (κ1) is 12.3. The number of hydrogen-bond donors (Lipinski definition) is 1. The minimum Gasteiger partial charge on any atom is -0.375 e. The fourth-order valence-corrected chi connectivity index (χ4v) is 4.79. The van der Waals surface area contributed by atoms with Crippen LogP contribution in [0.5, 0.6) is 0 Å². The Labute approximate surface area is 108 Å². The van der Waals surface area contributed by atoms with Gasteiger partial charge in [0.1, 0.15) is 0 Å². The van der Waals surface area contributed by atoms with E-state index in [0.29, 0.717) is 6.04 Å². The third-order valence-electron chi connectivity index (χ3n) is 4.64. The van der Waals surface area contributed by atoms with Gasteiger partial charge in [0, 0.05) is 31.8 Å². The van der Waals surface area contributed by atoms with Crippen LogP contribution in [0.25, 0.3) is 0 Å². The Morgan fingerprint density at radius 3 is 2.76 bits per heavy atom. The van der Waals surface area contributed by atoms with Gasteiger partial charge < -0.3 is 10.5 Å². The van der Waals surface area contributed by atoms with Crippen LogP contribution in [0.15, 0.2) is 0 Å². The molecule has 0 radical (unpaired) electrons. The summed E-state index contributed by atoms with van der Waals surface area (Å²) < 4.78 is 6.15. The molecule has 2 N–H and O–H groups in total. The van der Waals surface area contributed by atoms with E-state index in [2.05, 4.69) is 16.7 Å².